The molecule has 1 aromatic heterocycles. The van der Waals surface area contributed by atoms with E-state index in [0.29, 0.717) is 13.1 Å². The minimum Gasteiger partial charge on any atom is -0.386 e. The molecule has 88 valence electrons. The van der Waals surface area contributed by atoms with Crippen molar-refractivity contribution in [3.63, 3.8) is 0 Å². The van der Waals surface area contributed by atoms with Gasteiger partial charge in [0.1, 0.15) is 11.4 Å². The zero-order chi connectivity index (χ0) is 11.9. The number of nitrogens with zero attached hydrogens (tertiary/aromatic N) is 2. The Hall–Kier alpha value is -0.610. The Bertz CT molecular complexity index is 400. The van der Waals surface area contributed by atoms with Gasteiger partial charge < -0.3 is 10.0 Å². The lowest BCUT2D eigenvalue weighted by atomic mass is 9.83. The van der Waals surface area contributed by atoms with E-state index in [1.807, 2.05) is 19.2 Å². The number of aromatic nitrogens is 1. The molecule has 2 heterocycles. The maximum atomic E-state index is 10.2. The summed E-state index contributed by atoms with van der Waals surface area (Å²) in [4.78, 5) is 6.46. The van der Waals surface area contributed by atoms with E-state index in [1.54, 1.807) is 0 Å². The van der Waals surface area contributed by atoms with Crippen LogP contribution < -0.4 is 4.90 Å². The van der Waals surface area contributed by atoms with Crippen LogP contribution >= 0.6 is 15.9 Å². The third-order valence-corrected chi connectivity index (χ3v) is 4.35. The number of halogens is 1. The largest absolute Gasteiger partial charge is 0.386 e. The predicted molar refractivity (Wildman–Crippen MR) is 68.7 cm³/mol. The first-order valence-corrected chi connectivity index (χ1v) is 6.32. The number of aliphatic hydroxyl groups is 1. The van der Waals surface area contributed by atoms with Gasteiger partial charge in [-0.3, -0.25) is 0 Å². The van der Waals surface area contributed by atoms with Gasteiger partial charge in [-0.15, -0.1) is 0 Å². The Balaban J connectivity index is 2.16. The van der Waals surface area contributed by atoms with Crippen molar-refractivity contribution in [1.29, 1.82) is 0 Å². The highest BCUT2D eigenvalue weighted by Gasteiger charge is 2.44. The maximum Gasteiger partial charge on any atom is 0.143 e. The van der Waals surface area contributed by atoms with Crippen molar-refractivity contribution in [3.8, 4) is 0 Å². The van der Waals surface area contributed by atoms with Crippen LogP contribution in [0.15, 0.2) is 16.7 Å². The van der Waals surface area contributed by atoms with Gasteiger partial charge in [0.25, 0.3) is 0 Å². The second-order valence-corrected chi connectivity index (χ2v) is 5.67. The third kappa shape index (κ3) is 1.84. The third-order valence-electron chi connectivity index (χ3n) is 3.37. The van der Waals surface area contributed by atoms with E-state index < -0.39 is 5.60 Å². The lowest BCUT2D eigenvalue weighted by Crippen LogP contribution is -2.65. The number of rotatable bonds is 2. The number of hydrogen-bond acceptors (Lipinski definition) is 3. The lowest BCUT2D eigenvalue weighted by Gasteiger charge is -2.50. The fraction of sp³-hybridized carbons (Fsp3) is 0.583. The summed E-state index contributed by atoms with van der Waals surface area (Å²) in [6, 6.07) is 1.97. The summed E-state index contributed by atoms with van der Waals surface area (Å²) in [5.41, 5.74) is 0.621. The minimum absolute atomic E-state index is 0.285. The van der Waals surface area contributed by atoms with Crippen molar-refractivity contribution >= 4 is 21.7 Å². The molecule has 0 radical (unpaired) electrons. The molecule has 0 amide bonds. The first kappa shape index (κ1) is 11.9. The minimum atomic E-state index is -0.551. The van der Waals surface area contributed by atoms with Gasteiger partial charge in [-0.25, -0.2) is 4.98 Å². The van der Waals surface area contributed by atoms with E-state index >= 15 is 0 Å². The Kier molecular flexibility index (Phi) is 2.97. The first-order chi connectivity index (χ1) is 7.44. The van der Waals surface area contributed by atoms with Crippen LogP contribution in [-0.4, -0.2) is 28.8 Å². The molecule has 1 saturated heterocycles. The Morgan fingerprint density at radius 3 is 2.69 bits per heavy atom. The Morgan fingerprint density at radius 1 is 1.50 bits per heavy atom. The van der Waals surface area contributed by atoms with E-state index in [9.17, 15) is 5.11 Å². The Labute approximate surface area is 105 Å². The smallest absolute Gasteiger partial charge is 0.143 e. The molecule has 0 bridgehead atoms. The highest BCUT2D eigenvalue weighted by molar-refractivity contribution is 9.10. The summed E-state index contributed by atoms with van der Waals surface area (Å²) in [6.45, 7) is 7.48. The van der Waals surface area contributed by atoms with Gasteiger partial charge in [0, 0.05) is 6.20 Å². The molecule has 0 unspecified atom stereocenters. The van der Waals surface area contributed by atoms with E-state index in [-0.39, 0.29) is 5.92 Å². The second kappa shape index (κ2) is 4.00. The summed E-state index contributed by atoms with van der Waals surface area (Å²) in [6.07, 6.45) is 1.81. The average molecular weight is 285 g/mol. The van der Waals surface area contributed by atoms with E-state index in [0.717, 1.165) is 10.3 Å². The van der Waals surface area contributed by atoms with Crippen LogP contribution in [0.3, 0.4) is 0 Å². The average Bonchev–Trinajstić information content (AvgIpc) is 2.17. The van der Waals surface area contributed by atoms with Crippen LogP contribution in [0.25, 0.3) is 0 Å². The molecule has 4 heteroatoms. The first-order valence-electron chi connectivity index (χ1n) is 5.52. The van der Waals surface area contributed by atoms with E-state index in [2.05, 4.69) is 39.7 Å². The molecule has 1 fully saturated rings. The number of hydrogen-bond donors (Lipinski definition) is 1. The van der Waals surface area contributed by atoms with Gasteiger partial charge in [0.15, 0.2) is 0 Å². The molecular formula is C12H17BrN2O. The van der Waals surface area contributed by atoms with Gasteiger partial charge in [-0.2, -0.15) is 0 Å². The van der Waals surface area contributed by atoms with Crippen molar-refractivity contribution in [2.24, 2.45) is 5.92 Å². The van der Waals surface area contributed by atoms with Crippen LogP contribution in [0, 0.1) is 12.8 Å². The zero-order valence-corrected chi connectivity index (χ0v) is 11.5. The molecule has 2 rings (SSSR count). The molecule has 1 aliphatic rings. The van der Waals surface area contributed by atoms with Gasteiger partial charge in [0.2, 0.25) is 0 Å². The lowest BCUT2D eigenvalue weighted by molar-refractivity contribution is -0.0305. The molecule has 1 aromatic rings. The predicted octanol–water partition coefficient (Wildman–Crippen LogP) is 2.36. The van der Waals surface area contributed by atoms with Gasteiger partial charge in [-0.1, -0.05) is 13.8 Å². The topological polar surface area (TPSA) is 36.4 Å². The van der Waals surface area contributed by atoms with Crippen molar-refractivity contribution in [3.05, 3.63) is 22.3 Å². The van der Waals surface area contributed by atoms with Crippen molar-refractivity contribution in [1.82, 2.24) is 4.98 Å². The quantitative estimate of drug-likeness (QED) is 0.906. The SMILES string of the molecule is Cc1ccnc(N2CC(O)(C(C)C)C2)c1Br. The Morgan fingerprint density at radius 2 is 2.12 bits per heavy atom. The molecule has 0 saturated carbocycles. The number of β-amino-alcohol motifs (C(OH)–C–C–N with tert-alkyl or cyclic N) is 1. The fourth-order valence-electron chi connectivity index (χ4n) is 1.88. The summed E-state index contributed by atoms with van der Waals surface area (Å²) in [5.74, 6) is 1.22. The van der Waals surface area contributed by atoms with Crippen LogP contribution in [0.1, 0.15) is 19.4 Å². The van der Waals surface area contributed by atoms with Gasteiger partial charge >= 0.3 is 0 Å². The molecule has 3 nitrogen and oxygen atoms in total. The summed E-state index contributed by atoms with van der Waals surface area (Å²) < 4.78 is 1.03. The molecule has 0 atom stereocenters. The van der Waals surface area contributed by atoms with E-state index in [4.69, 9.17) is 0 Å². The van der Waals surface area contributed by atoms with Crippen molar-refractivity contribution in [2.75, 3.05) is 18.0 Å². The molecule has 16 heavy (non-hydrogen) atoms. The summed E-state index contributed by atoms with van der Waals surface area (Å²) in [5, 5.41) is 10.2. The number of pyridine rings is 1. The van der Waals surface area contributed by atoms with Crippen LogP contribution in [-0.2, 0) is 0 Å². The second-order valence-electron chi connectivity index (χ2n) is 4.88. The normalized spacial score (nSPS) is 18.8. The summed E-state index contributed by atoms with van der Waals surface area (Å²) in [7, 11) is 0. The maximum absolute atomic E-state index is 10.2. The molecule has 1 aliphatic heterocycles. The number of aryl methyl sites for hydroxylation is 1. The summed E-state index contributed by atoms with van der Waals surface area (Å²) >= 11 is 3.54. The van der Waals surface area contributed by atoms with Gasteiger partial charge in [-0.05, 0) is 40.4 Å². The molecule has 0 aliphatic carbocycles. The highest BCUT2D eigenvalue weighted by atomic mass is 79.9. The van der Waals surface area contributed by atoms with Crippen molar-refractivity contribution in [2.45, 2.75) is 26.4 Å². The molecule has 0 spiro atoms. The molecular weight excluding hydrogens is 268 g/mol. The standard InChI is InChI=1S/C12H17BrN2O/c1-8(2)12(16)6-15(7-12)11-10(13)9(3)4-5-14-11/h4-5,8,16H,6-7H2,1-3H3. The van der Waals surface area contributed by atoms with Crippen LogP contribution in [0.5, 0.6) is 0 Å². The van der Waals surface area contributed by atoms with Crippen LogP contribution in [0.2, 0.25) is 0 Å². The van der Waals surface area contributed by atoms with E-state index in [1.165, 1.54) is 5.56 Å². The fourth-order valence-corrected chi connectivity index (χ4v) is 2.36. The van der Waals surface area contributed by atoms with Gasteiger partial charge in [0.05, 0.1) is 17.6 Å². The van der Waals surface area contributed by atoms with Crippen LogP contribution in [0.4, 0.5) is 5.82 Å². The van der Waals surface area contributed by atoms with Crippen molar-refractivity contribution < 1.29 is 5.11 Å². The molecule has 0 aromatic carbocycles. The monoisotopic (exact) mass is 284 g/mol. The number of anilines is 1. The molecule has 1 N–H and O–H groups in total. The highest BCUT2D eigenvalue weighted by Crippen LogP contribution is 2.36. The zero-order valence-electron chi connectivity index (χ0n) is 9.87.